The average Bonchev–Trinajstić information content (AvgIpc) is 3.23. The van der Waals surface area contributed by atoms with Gasteiger partial charge in [-0.1, -0.05) is 0 Å². The standard InChI is InChI=1S/C17H26N2O3/c1-10(2)19-11(3)9-14(12(19)4)15(20)18-17(5,13-7-8-13)16(21)22-6/h9-10,13H,7-8H2,1-6H3,(H,18,20)/t17-/m1/s1. The van der Waals surface area contributed by atoms with Crippen molar-refractivity contribution in [1.29, 1.82) is 0 Å². The minimum Gasteiger partial charge on any atom is -0.467 e. The number of carbonyl (C=O) groups is 2. The normalized spacial score (nSPS) is 17.2. The second-order valence-corrected chi connectivity index (χ2v) is 6.67. The first kappa shape index (κ1) is 16.6. The molecule has 122 valence electrons. The topological polar surface area (TPSA) is 60.3 Å². The summed E-state index contributed by atoms with van der Waals surface area (Å²) in [5, 5.41) is 2.92. The van der Waals surface area contributed by atoms with Crippen molar-refractivity contribution in [2.75, 3.05) is 7.11 Å². The Hall–Kier alpha value is -1.78. The first-order valence-corrected chi connectivity index (χ1v) is 7.81. The molecular weight excluding hydrogens is 280 g/mol. The predicted molar refractivity (Wildman–Crippen MR) is 84.9 cm³/mol. The van der Waals surface area contributed by atoms with Crippen LogP contribution in [0, 0.1) is 19.8 Å². The number of hydrogen-bond donors (Lipinski definition) is 1. The van der Waals surface area contributed by atoms with E-state index < -0.39 is 5.54 Å². The highest BCUT2D eigenvalue weighted by atomic mass is 16.5. The van der Waals surface area contributed by atoms with E-state index in [0.29, 0.717) is 5.56 Å². The van der Waals surface area contributed by atoms with Crippen LogP contribution in [-0.4, -0.2) is 29.1 Å². The van der Waals surface area contributed by atoms with E-state index in [9.17, 15) is 9.59 Å². The highest BCUT2D eigenvalue weighted by molar-refractivity contribution is 5.99. The van der Waals surface area contributed by atoms with Gasteiger partial charge in [-0.25, -0.2) is 4.79 Å². The molecular formula is C17H26N2O3. The van der Waals surface area contributed by atoms with Crippen molar-refractivity contribution < 1.29 is 14.3 Å². The summed E-state index contributed by atoms with van der Waals surface area (Å²) in [6, 6.07) is 2.17. The summed E-state index contributed by atoms with van der Waals surface area (Å²) in [7, 11) is 1.36. The molecule has 1 aromatic rings. The van der Waals surface area contributed by atoms with Gasteiger partial charge in [0.05, 0.1) is 12.7 Å². The van der Waals surface area contributed by atoms with Gasteiger partial charge in [-0.05, 0) is 59.4 Å². The Morgan fingerprint density at radius 2 is 1.95 bits per heavy atom. The SMILES string of the molecule is COC(=O)[C@](C)(NC(=O)c1cc(C)n(C(C)C)c1C)C1CC1. The number of hydrogen-bond acceptors (Lipinski definition) is 3. The summed E-state index contributed by atoms with van der Waals surface area (Å²) >= 11 is 0. The lowest BCUT2D eigenvalue weighted by Crippen LogP contribution is -2.54. The molecule has 0 spiro atoms. The van der Waals surface area contributed by atoms with E-state index >= 15 is 0 Å². The van der Waals surface area contributed by atoms with E-state index in [0.717, 1.165) is 24.2 Å². The zero-order valence-electron chi connectivity index (χ0n) is 14.3. The van der Waals surface area contributed by atoms with Crippen molar-refractivity contribution in [3.63, 3.8) is 0 Å². The molecule has 1 aliphatic rings. The number of nitrogens with zero attached hydrogens (tertiary/aromatic N) is 1. The molecule has 1 atom stereocenters. The third-order valence-corrected chi connectivity index (χ3v) is 4.62. The van der Waals surface area contributed by atoms with Gasteiger partial charge < -0.3 is 14.6 Å². The van der Waals surface area contributed by atoms with Crippen molar-refractivity contribution in [1.82, 2.24) is 9.88 Å². The summed E-state index contributed by atoms with van der Waals surface area (Å²) in [4.78, 5) is 24.8. The fourth-order valence-corrected chi connectivity index (χ4v) is 3.30. The number of nitrogens with one attached hydrogen (secondary N) is 1. The number of esters is 1. The van der Waals surface area contributed by atoms with Gasteiger partial charge in [0.2, 0.25) is 0 Å². The Labute approximate surface area is 132 Å². The third kappa shape index (κ3) is 2.76. The number of rotatable bonds is 5. The smallest absolute Gasteiger partial charge is 0.331 e. The quantitative estimate of drug-likeness (QED) is 0.851. The molecule has 1 heterocycles. The van der Waals surface area contributed by atoms with Gasteiger partial charge in [0.15, 0.2) is 0 Å². The average molecular weight is 306 g/mol. The molecule has 1 aromatic heterocycles. The Kier molecular flexibility index (Phi) is 4.36. The molecule has 5 heteroatoms. The molecule has 1 amide bonds. The highest BCUT2D eigenvalue weighted by Gasteiger charge is 2.49. The lowest BCUT2D eigenvalue weighted by Gasteiger charge is -2.28. The molecule has 0 bridgehead atoms. The summed E-state index contributed by atoms with van der Waals surface area (Å²) in [6.07, 6.45) is 1.88. The van der Waals surface area contributed by atoms with Gasteiger partial charge in [-0.2, -0.15) is 0 Å². The van der Waals surface area contributed by atoms with Crippen LogP contribution in [0.1, 0.15) is 61.4 Å². The fourth-order valence-electron chi connectivity index (χ4n) is 3.30. The molecule has 1 saturated carbocycles. The fraction of sp³-hybridized carbons (Fsp3) is 0.647. The van der Waals surface area contributed by atoms with Crippen molar-refractivity contribution >= 4 is 11.9 Å². The molecule has 5 nitrogen and oxygen atoms in total. The van der Waals surface area contributed by atoms with E-state index in [1.54, 1.807) is 6.92 Å². The van der Waals surface area contributed by atoms with Gasteiger partial charge in [0.1, 0.15) is 5.54 Å². The molecule has 2 rings (SSSR count). The summed E-state index contributed by atoms with van der Waals surface area (Å²) < 4.78 is 7.02. The van der Waals surface area contributed by atoms with Crippen LogP contribution in [-0.2, 0) is 9.53 Å². The number of carbonyl (C=O) groups excluding carboxylic acids is 2. The number of methoxy groups -OCH3 is 1. The van der Waals surface area contributed by atoms with Crippen LogP contribution < -0.4 is 5.32 Å². The number of ether oxygens (including phenoxy) is 1. The van der Waals surface area contributed by atoms with E-state index in [2.05, 4.69) is 23.7 Å². The molecule has 0 aromatic carbocycles. The second-order valence-electron chi connectivity index (χ2n) is 6.67. The van der Waals surface area contributed by atoms with Gasteiger partial charge in [-0.15, -0.1) is 0 Å². The summed E-state index contributed by atoms with van der Waals surface area (Å²) in [5.41, 5.74) is 1.66. The zero-order chi connectivity index (χ0) is 16.7. The van der Waals surface area contributed by atoms with E-state index in [-0.39, 0.29) is 23.8 Å². The van der Waals surface area contributed by atoms with Crippen LogP contribution in [0.25, 0.3) is 0 Å². The first-order valence-electron chi connectivity index (χ1n) is 7.81. The van der Waals surface area contributed by atoms with E-state index in [1.807, 2.05) is 19.9 Å². The van der Waals surface area contributed by atoms with Gasteiger partial charge in [0, 0.05) is 17.4 Å². The lowest BCUT2D eigenvalue weighted by molar-refractivity contribution is -0.148. The van der Waals surface area contributed by atoms with Gasteiger partial charge in [-0.3, -0.25) is 4.79 Å². The largest absolute Gasteiger partial charge is 0.467 e. The Balaban J connectivity index is 2.29. The summed E-state index contributed by atoms with van der Waals surface area (Å²) in [6.45, 7) is 9.86. The Morgan fingerprint density at radius 3 is 2.36 bits per heavy atom. The summed E-state index contributed by atoms with van der Waals surface area (Å²) in [5.74, 6) is -0.418. The Morgan fingerprint density at radius 1 is 1.36 bits per heavy atom. The molecule has 1 N–H and O–H groups in total. The van der Waals surface area contributed by atoms with Crippen LogP contribution in [0.15, 0.2) is 6.07 Å². The molecule has 0 saturated heterocycles. The number of aromatic nitrogens is 1. The van der Waals surface area contributed by atoms with Crippen molar-refractivity contribution in [2.45, 2.75) is 59.0 Å². The van der Waals surface area contributed by atoms with Crippen LogP contribution in [0.3, 0.4) is 0 Å². The van der Waals surface area contributed by atoms with Crippen molar-refractivity contribution in [3.05, 3.63) is 23.0 Å². The zero-order valence-corrected chi connectivity index (χ0v) is 14.3. The molecule has 1 aliphatic carbocycles. The molecule has 1 fully saturated rings. The molecule has 0 radical (unpaired) electrons. The number of amides is 1. The minimum atomic E-state index is -0.938. The maximum Gasteiger partial charge on any atom is 0.331 e. The first-order chi connectivity index (χ1) is 10.2. The maximum absolute atomic E-state index is 12.7. The second kappa shape index (κ2) is 5.78. The molecule has 0 unspecified atom stereocenters. The van der Waals surface area contributed by atoms with Crippen LogP contribution in [0.5, 0.6) is 0 Å². The van der Waals surface area contributed by atoms with Gasteiger partial charge in [0.25, 0.3) is 5.91 Å². The number of aryl methyl sites for hydroxylation is 1. The van der Waals surface area contributed by atoms with Crippen LogP contribution >= 0.6 is 0 Å². The van der Waals surface area contributed by atoms with E-state index in [4.69, 9.17) is 4.74 Å². The minimum absolute atomic E-state index is 0.164. The Bertz CT molecular complexity index is 599. The predicted octanol–water partition coefficient (Wildman–Crippen LogP) is 2.76. The van der Waals surface area contributed by atoms with Crippen LogP contribution in [0.2, 0.25) is 0 Å². The third-order valence-electron chi connectivity index (χ3n) is 4.62. The molecule has 22 heavy (non-hydrogen) atoms. The monoisotopic (exact) mass is 306 g/mol. The molecule has 0 aliphatic heterocycles. The lowest BCUT2D eigenvalue weighted by atomic mass is 9.95. The van der Waals surface area contributed by atoms with E-state index in [1.165, 1.54) is 7.11 Å². The maximum atomic E-state index is 12.7. The van der Waals surface area contributed by atoms with Gasteiger partial charge >= 0.3 is 5.97 Å². The highest BCUT2D eigenvalue weighted by Crippen LogP contribution is 2.40. The van der Waals surface area contributed by atoms with Crippen LogP contribution in [0.4, 0.5) is 0 Å². The van der Waals surface area contributed by atoms with Crippen molar-refractivity contribution in [2.24, 2.45) is 5.92 Å². The van der Waals surface area contributed by atoms with Crippen molar-refractivity contribution in [3.8, 4) is 0 Å².